The van der Waals surface area contributed by atoms with Gasteiger partial charge < -0.3 is 35.4 Å². The number of aromatic nitrogens is 4. The standard InChI is InChI=1S/C28H33N7O7/c1-16(2)25(37)19-11-21(40-3)22(12-20(19)35(38)39)41-10-4-5-23(36)30-13-17-6-8-18(9-7-17)14-42-27-24-26(32-15-31-24)33-28(29)34-27/h6-9,11-12,15-16,25,37H,4-5,10,13-14H2,1-3H3,(H,30,36)(H3,29,31,32,33,34). The highest BCUT2D eigenvalue weighted by molar-refractivity contribution is 5.76. The van der Waals surface area contributed by atoms with E-state index in [-0.39, 0.29) is 60.2 Å². The molecule has 1 amide bonds. The summed E-state index contributed by atoms with van der Waals surface area (Å²) in [7, 11) is 1.42. The fraction of sp³-hybridized carbons (Fsp3) is 0.357. The van der Waals surface area contributed by atoms with Gasteiger partial charge in [-0.1, -0.05) is 38.1 Å². The number of carbonyl (C=O) groups is 1. The minimum absolute atomic E-state index is 0.0717. The number of benzene rings is 2. The van der Waals surface area contributed by atoms with Crippen molar-refractivity contribution in [3.05, 3.63) is 69.5 Å². The Morgan fingerprint density at radius 1 is 1.14 bits per heavy atom. The molecule has 1 atom stereocenters. The summed E-state index contributed by atoms with van der Waals surface area (Å²) in [5.74, 6) is 0.436. The van der Waals surface area contributed by atoms with Crippen LogP contribution in [-0.2, 0) is 17.9 Å². The highest BCUT2D eigenvalue weighted by Gasteiger charge is 2.26. The van der Waals surface area contributed by atoms with E-state index in [1.165, 1.54) is 25.6 Å². The highest BCUT2D eigenvalue weighted by Crippen LogP contribution is 2.39. The summed E-state index contributed by atoms with van der Waals surface area (Å²) in [6, 6.07) is 10.2. The molecule has 5 N–H and O–H groups in total. The Balaban J connectivity index is 1.23. The van der Waals surface area contributed by atoms with Crippen LogP contribution in [0.4, 0.5) is 11.6 Å². The molecule has 0 aliphatic carbocycles. The van der Waals surface area contributed by atoms with Gasteiger partial charge in [0.15, 0.2) is 17.1 Å². The van der Waals surface area contributed by atoms with Gasteiger partial charge in [0.05, 0.1) is 42.7 Å². The van der Waals surface area contributed by atoms with Gasteiger partial charge in [-0.2, -0.15) is 9.97 Å². The van der Waals surface area contributed by atoms with Crippen LogP contribution < -0.4 is 25.3 Å². The molecule has 0 aliphatic heterocycles. The lowest BCUT2D eigenvalue weighted by atomic mass is 9.97. The summed E-state index contributed by atoms with van der Waals surface area (Å²) in [6.07, 6.45) is 1.04. The molecular formula is C28H33N7O7. The van der Waals surface area contributed by atoms with Crippen LogP contribution in [0.2, 0.25) is 0 Å². The number of amides is 1. The lowest BCUT2D eigenvalue weighted by Gasteiger charge is -2.18. The number of nitrogen functional groups attached to an aromatic ring is 1. The molecule has 0 aliphatic rings. The van der Waals surface area contributed by atoms with Crippen LogP contribution >= 0.6 is 0 Å². The van der Waals surface area contributed by atoms with E-state index < -0.39 is 11.0 Å². The van der Waals surface area contributed by atoms with Gasteiger partial charge in [-0.15, -0.1) is 0 Å². The summed E-state index contributed by atoms with van der Waals surface area (Å²) in [6.45, 7) is 4.27. The Bertz CT molecular complexity index is 1540. The first kappa shape index (κ1) is 30.0. The first-order chi connectivity index (χ1) is 20.2. The van der Waals surface area contributed by atoms with E-state index in [0.29, 0.717) is 30.0 Å². The number of hydrogen-bond acceptors (Lipinski definition) is 11. The second-order valence-corrected chi connectivity index (χ2v) is 9.83. The fourth-order valence-corrected chi connectivity index (χ4v) is 4.13. The zero-order chi connectivity index (χ0) is 30.2. The zero-order valence-electron chi connectivity index (χ0n) is 23.5. The first-order valence-electron chi connectivity index (χ1n) is 13.3. The molecule has 42 heavy (non-hydrogen) atoms. The van der Waals surface area contributed by atoms with Crippen LogP contribution in [0.25, 0.3) is 11.2 Å². The maximum Gasteiger partial charge on any atom is 0.279 e. The van der Waals surface area contributed by atoms with Crippen LogP contribution in [0.3, 0.4) is 0 Å². The molecular weight excluding hydrogens is 546 g/mol. The molecule has 0 fully saturated rings. The number of carbonyl (C=O) groups excluding carboxylic acids is 1. The number of anilines is 1. The van der Waals surface area contributed by atoms with Gasteiger partial charge in [0.1, 0.15) is 12.1 Å². The number of rotatable bonds is 14. The van der Waals surface area contributed by atoms with E-state index in [9.17, 15) is 20.0 Å². The number of aliphatic hydroxyl groups is 1. The number of nitro benzene ring substituents is 1. The fourth-order valence-electron chi connectivity index (χ4n) is 4.13. The third kappa shape index (κ3) is 7.40. The molecule has 1 unspecified atom stereocenters. The number of aliphatic hydroxyl groups excluding tert-OH is 1. The van der Waals surface area contributed by atoms with Gasteiger partial charge in [0.25, 0.3) is 5.69 Å². The molecule has 0 radical (unpaired) electrons. The topological polar surface area (TPSA) is 201 Å². The van der Waals surface area contributed by atoms with Crippen LogP contribution in [0.15, 0.2) is 42.7 Å². The van der Waals surface area contributed by atoms with Gasteiger partial charge in [0.2, 0.25) is 17.7 Å². The quantitative estimate of drug-likeness (QED) is 0.0966. The summed E-state index contributed by atoms with van der Waals surface area (Å²) < 4.78 is 16.8. The predicted molar refractivity (Wildman–Crippen MR) is 153 cm³/mol. The molecule has 4 rings (SSSR count). The van der Waals surface area contributed by atoms with Crippen LogP contribution in [-0.4, -0.2) is 49.6 Å². The van der Waals surface area contributed by atoms with E-state index in [2.05, 4.69) is 25.3 Å². The van der Waals surface area contributed by atoms with E-state index in [1.807, 2.05) is 24.3 Å². The van der Waals surface area contributed by atoms with Crippen molar-refractivity contribution >= 4 is 28.7 Å². The Morgan fingerprint density at radius 2 is 1.88 bits per heavy atom. The molecule has 0 saturated heterocycles. The van der Waals surface area contributed by atoms with Crippen LogP contribution in [0, 0.1) is 16.0 Å². The number of ether oxygens (including phenoxy) is 3. The van der Waals surface area contributed by atoms with Crippen molar-refractivity contribution in [3.63, 3.8) is 0 Å². The summed E-state index contributed by atoms with van der Waals surface area (Å²) in [5.41, 5.74) is 8.41. The SMILES string of the molecule is COc1cc(C(O)C(C)C)c([N+](=O)[O-])cc1OCCCC(=O)NCc1ccc(COc2nc(N)nc3nc[nH]c23)cc1. The van der Waals surface area contributed by atoms with Gasteiger partial charge in [0, 0.05) is 13.0 Å². The molecule has 14 nitrogen and oxygen atoms in total. The smallest absolute Gasteiger partial charge is 0.279 e. The second kappa shape index (κ2) is 13.6. The lowest BCUT2D eigenvalue weighted by Crippen LogP contribution is -2.23. The average Bonchev–Trinajstić information content (AvgIpc) is 3.45. The number of hydrogen-bond donors (Lipinski definition) is 4. The van der Waals surface area contributed by atoms with Crippen LogP contribution in [0.1, 0.15) is 49.5 Å². The van der Waals surface area contributed by atoms with Crippen molar-refractivity contribution in [1.29, 1.82) is 0 Å². The molecule has 2 heterocycles. The number of H-pyrrole nitrogens is 1. The molecule has 222 valence electrons. The highest BCUT2D eigenvalue weighted by atomic mass is 16.6. The number of imidazole rings is 1. The number of fused-ring (bicyclic) bond motifs is 1. The van der Waals surface area contributed by atoms with Crippen molar-refractivity contribution < 1.29 is 29.0 Å². The van der Waals surface area contributed by atoms with E-state index in [1.54, 1.807) is 13.8 Å². The van der Waals surface area contributed by atoms with Gasteiger partial charge in [-0.25, -0.2) is 4.98 Å². The summed E-state index contributed by atoms with van der Waals surface area (Å²) in [5, 5.41) is 24.9. The van der Waals surface area contributed by atoms with Gasteiger partial charge in [-0.3, -0.25) is 14.9 Å². The summed E-state index contributed by atoms with van der Waals surface area (Å²) >= 11 is 0. The van der Waals surface area contributed by atoms with Crippen LogP contribution in [0.5, 0.6) is 17.4 Å². The maximum absolute atomic E-state index is 12.4. The van der Waals surface area contributed by atoms with E-state index in [4.69, 9.17) is 19.9 Å². The monoisotopic (exact) mass is 579 g/mol. The summed E-state index contributed by atoms with van der Waals surface area (Å²) in [4.78, 5) is 38.5. The molecule has 0 bridgehead atoms. The largest absolute Gasteiger partial charge is 0.493 e. The Labute approximate surface area is 241 Å². The minimum Gasteiger partial charge on any atom is -0.493 e. The normalized spacial score (nSPS) is 11.8. The molecule has 0 saturated carbocycles. The van der Waals surface area contributed by atoms with Crippen molar-refractivity contribution in [3.8, 4) is 17.4 Å². The molecule has 0 spiro atoms. The van der Waals surface area contributed by atoms with Crippen molar-refractivity contribution in [2.24, 2.45) is 5.92 Å². The number of nitrogens with one attached hydrogen (secondary N) is 2. The van der Waals surface area contributed by atoms with Gasteiger partial charge in [-0.05, 0) is 29.5 Å². The third-order valence-electron chi connectivity index (χ3n) is 6.42. The van der Waals surface area contributed by atoms with Gasteiger partial charge >= 0.3 is 0 Å². The number of aromatic amines is 1. The number of nitrogens with zero attached hydrogens (tertiary/aromatic N) is 4. The molecule has 14 heteroatoms. The van der Waals surface area contributed by atoms with E-state index >= 15 is 0 Å². The molecule has 2 aromatic carbocycles. The predicted octanol–water partition coefficient (Wildman–Crippen LogP) is 3.60. The Morgan fingerprint density at radius 3 is 2.57 bits per heavy atom. The number of nitro groups is 1. The Kier molecular flexibility index (Phi) is 9.70. The number of methoxy groups -OCH3 is 1. The molecule has 2 aromatic heterocycles. The van der Waals surface area contributed by atoms with Crippen molar-refractivity contribution in [2.75, 3.05) is 19.5 Å². The van der Waals surface area contributed by atoms with Crippen molar-refractivity contribution in [2.45, 2.75) is 45.9 Å². The minimum atomic E-state index is -1.03. The Hall–Kier alpha value is -4.98. The lowest BCUT2D eigenvalue weighted by molar-refractivity contribution is -0.386. The van der Waals surface area contributed by atoms with E-state index in [0.717, 1.165) is 11.1 Å². The molecule has 4 aromatic rings. The maximum atomic E-state index is 12.4. The van der Waals surface area contributed by atoms with Crippen molar-refractivity contribution in [1.82, 2.24) is 25.3 Å². The first-order valence-corrected chi connectivity index (χ1v) is 13.3. The average molecular weight is 580 g/mol. The zero-order valence-corrected chi connectivity index (χ0v) is 23.5. The second-order valence-electron chi connectivity index (χ2n) is 9.83. The number of nitrogens with two attached hydrogens (primary N) is 1. The third-order valence-corrected chi connectivity index (χ3v) is 6.42.